The summed E-state index contributed by atoms with van der Waals surface area (Å²) in [6.07, 6.45) is 1.66. The summed E-state index contributed by atoms with van der Waals surface area (Å²) in [6, 6.07) is 12.1. The maximum atomic E-state index is 12.6. The third-order valence-electron chi connectivity index (χ3n) is 5.03. The molecule has 2 aromatic carbocycles. The quantitative estimate of drug-likeness (QED) is 0.598. The van der Waals surface area contributed by atoms with Crippen molar-refractivity contribution in [3.05, 3.63) is 69.6 Å². The molecule has 0 unspecified atom stereocenters. The number of hydrogen-bond donors (Lipinski definition) is 2. The van der Waals surface area contributed by atoms with Gasteiger partial charge in [0.15, 0.2) is 0 Å². The fourth-order valence-electron chi connectivity index (χ4n) is 3.12. The highest BCUT2D eigenvalue weighted by Crippen LogP contribution is 2.31. The minimum atomic E-state index is -3.72. The lowest BCUT2D eigenvalue weighted by Gasteiger charge is -2.14. The number of nitrogens with one attached hydrogen (secondary N) is 2. The van der Waals surface area contributed by atoms with E-state index in [9.17, 15) is 22.8 Å². The van der Waals surface area contributed by atoms with Crippen LogP contribution >= 0.6 is 11.8 Å². The van der Waals surface area contributed by atoms with Crippen LogP contribution in [0.3, 0.4) is 0 Å². The van der Waals surface area contributed by atoms with Crippen molar-refractivity contribution in [2.24, 2.45) is 0 Å². The molecule has 1 heterocycles. The van der Waals surface area contributed by atoms with Crippen molar-refractivity contribution < 1.29 is 22.8 Å². The SMILES string of the molecule is CNS(=O)(=O)c1cc(C(=O)NCCN2C(=O)S/C(=C\c3ccccc3)C2=O)cc(C)c1C. The molecule has 0 saturated carbocycles. The van der Waals surface area contributed by atoms with E-state index in [-0.39, 0.29) is 23.5 Å². The van der Waals surface area contributed by atoms with Gasteiger partial charge in [-0.3, -0.25) is 19.3 Å². The van der Waals surface area contributed by atoms with Gasteiger partial charge in [0.05, 0.1) is 9.80 Å². The molecule has 2 aromatic rings. The Morgan fingerprint density at radius 3 is 2.47 bits per heavy atom. The number of imide groups is 1. The van der Waals surface area contributed by atoms with Crippen LogP contribution in [0.4, 0.5) is 4.79 Å². The molecule has 0 aliphatic carbocycles. The molecular formula is C22H23N3O5S2. The molecule has 1 saturated heterocycles. The summed E-state index contributed by atoms with van der Waals surface area (Å²) in [4.78, 5) is 38.8. The molecule has 0 bridgehead atoms. The Kier molecular flexibility index (Phi) is 7.17. The zero-order chi connectivity index (χ0) is 23.5. The van der Waals surface area contributed by atoms with Crippen LogP contribution in [0.5, 0.6) is 0 Å². The standard InChI is InChI=1S/C22H23N3O5S2/c1-14-11-17(13-19(15(14)2)32(29,30)23-3)20(26)24-9-10-25-21(27)18(31-22(25)28)12-16-7-5-4-6-8-16/h4-8,11-13,23H,9-10H2,1-3H3,(H,24,26)/b18-12-. The molecule has 1 aliphatic heterocycles. The van der Waals surface area contributed by atoms with Gasteiger partial charge in [-0.05, 0) is 67.6 Å². The van der Waals surface area contributed by atoms with E-state index < -0.39 is 27.1 Å². The normalized spacial score (nSPS) is 15.5. The molecule has 0 atom stereocenters. The average molecular weight is 474 g/mol. The Hall–Kier alpha value is -2.95. The largest absolute Gasteiger partial charge is 0.350 e. The first-order chi connectivity index (χ1) is 15.1. The lowest BCUT2D eigenvalue weighted by molar-refractivity contribution is -0.122. The Bertz CT molecular complexity index is 1210. The molecule has 0 aromatic heterocycles. The number of carbonyl (C=O) groups excluding carboxylic acids is 3. The second-order valence-corrected chi connectivity index (χ2v) is 9.97. The molecule has 0 spiro atoms. The minimum absolute atomic E-state index is 0.00898. The second kappa shape index (κ2) is 9.68. The van der Waals surface area contributed by atoms with Crippen LogP contribution in [0, 0.1) is 13.8 Å². The predicted octanol–water partition coefficient (Wildman–Crippen LogP) is 2.68. The lowest BCUT2D eigenvalue weighted by atomic mass is 10.1. The number of rotatable bonds is 7. The smallest absolute Gasteiger partial charge is 0.293 e. The van der Waals surface area contributed by atoms with E-state index >= 15 is 0 Å². The maximum Gasteiger partial charge on any atom is 0.293 e. The first-order valence-corrected chi connectivity index (χ1v) is 12.1. The van der Waals surface area contributed by atoms with Crippen molar-refractivity contribution in [3.8, 4) is 0 Å². The predicted molar refractivity (Wildman–Crippen MR) is 124 cm³/mol. The van der Waals surface area contributed by atoms with E-state index in [0.29, 0.717) is 16.0 Å². The van der Waals surface area contributed by atoms with E-state index in [1.165, 1.54) is 13.1 Å². The van der Waals surface area contributed by atoms with Gasteiger partial charge in [-0.1, -0.05) is 30.3 Å². The highest BCUT2D eigenvalue weighted by molar-refractivity contribution is 8.18. The van der Waals surface area contributed by atoms with Crippen molar-refractivity contribution in [1.29, 1.82) is 0 Å². The summed E-state index contributed by atoms with van der Waals surface area (Å²) >= 11 is 0.855. The van der Waals surface area contributed by atoms with Crippen LogP contribution in [-0.2, 0) is 14.8 Å². The minimum Gasteiger partial charge on any atom is -0.350 e. The highest BCUT2D eigenvalue weighted by atomic mass is 32.2. The van der Waals surface area contributed by atoms with Gasteiger partial charge in [-0.2, -0.15) is 0 Å². The molecule has 1 fully saturated rings. The molecule has 168 valence electrons. The number of sulfonamides is 1. The number of carbonyl (C=O) groups is 3. The molecule has 10 heteroatoms. The first-order valence-electron chi connectivity index (χ1n) is 9.77. The number of benzene rings is 2. The number of amides is 3. The average Bonchev–Trinajstić information content (AvgIpc) is 3.03. The van der Waals surface area contributed by atoms with Crippen molar-refractivity contribution in [1.82, 2.24) is 14.9 Å². The molecular weight excluding hydrogens is 450 g/mol. The van der Waals surface area contributed by atoms with Gasteiger partial charge in [-0.25, -0.2) is 13.1 Å². The maximum absolute atomic E-state index is 12.6. The summed E-state index contributed by atoms with van der Waals surface area (Å²) < 4.78 is 26.7. The molecule has 1 aliphatic rings. The summed E-state index contributed by atoms with van der Waals surface area (Å²) in [7, 11) is -2.42. The van der Waals surface area contributed by atoms with Crippen LogP contribution in [0.1, 0.15) is 27.0 Å². The van der Waals surface area contributed by atoms with Gasteiger partial charge in [0.2, 0.25) is 10.0 Å². The van der Waals surface area contributed by atoms with Gasteiger partial charge < -0.3 is 5.32 Å². The van der Waals surface area contributed by atoms with Crippen LogP contribution < -0.4 is 10.0 Å². The van der Waals surface area contributed by atoms with E-state index in [0.717, 1.165) is 22.2 Å². The van der Waals surface area contributed by atoms with Crippen LogP contribution in [0.25, 0.3) is 6.08 Å². The third-order valence-corrected chi connectivity index (χ3v) is 7.48. The summed E-state index contributed by atoms with van der Waals surface area (Å²) in [5.41, 5.74) is 2.20. The van der Waals surface area contributed by atoms with E-state index in [4.69, 9.17) is 0 Å². The van der Waals surface area contributed by atoms with Crippen molar-refractivity contribution in [2.75, 3.05) is 20.1 Å². The first kappa shape index (κ1) is 23.7. The zero-order valence-corrected chi connectivity index (χ0v) is 19.5. The van der Waals surface area contributed by atoms with Gasteiger partial charge >= 0.3 is 0 Å². The van der Waals surface area contributed by atoms with Crippen molar-refractivity contribution >= 4 is 44.9 Å². The van der Waals surface area contributed by atoms with Crippen LogP contribution in [0.2, 0.25) is 0 Å². The number of hydrogen-bond acceptors (Lipinski definition) is 6. The van der Waals surface area contributed by atoms with Gasteiger partial charge in [-0.15, -0.1) is 0 Å². The number of nitrogens with zero attached hydrogens (tertiary/aromatic N) is 1. The summed E-state index contributed by atoms with van der Waals surface area (Å²) in [5.74, 6) is -0.904. The highest BCUT2D eigenvalue weighted by Gasteiger charge is 2.34. The Labute approximate surface area is 191 Å². The fraction of sp³-hybridized carbons (Fsp3) is 0.227. The molecule has 3 amide bonds. The van der Waals surface area contributed by atoms with Crippen molar-refractivity contribution in [2.45, 2.75) is 18.7 Å². The van der Waals surface area contributed by atoms with Gasteiger partial charge in [0.25, 0.3) is 17.1 Å². The Morgan fingerprint density at radius 1 is 1.12 bits per heavy atom. The number of aryl methyl sites for hydroxylation is 1. The van der Waals surface area contributed by atoms with E-state index in [1.54, 1.807) is 26.0 Å². The van der Waals surface area contributed by atoms with E-state index in [2.05, 4.69) is 10.0 Å². The number of thioether (sulfide) groups is 1. The second-order valence-electron chi connectivity index (χ2n) is 7.12. The molecule has 2 N–H and O–H groups in total. The molecule has 3 rings (SSSR count). The molecule has 8 nitrogen and oxygen atoms in total. The lowest BCUT2D eigenvalue weighted by Crippen LogP contribution is -2.37. The van der Waals surface area contributed by atoms with Crippen LogP contribution in [0.15, 0.2) is 52.3 Å². The van der Waals surface area contributed by atoms with E-state index in [1.807, 2.05) is 30.3 Å². The summed E-state index contributed by atoms with van der Waals surface area (Å²) in [5, 5.41) is 2.24. The molecule has 32 heavy (non-hydrogen) atoms. The van der Waals surface area contributed by atoms with Crippen LogP contribution in [-0.4, -0.2) is 50.5 Å². The third kappa shape index (κ3) is 5.09. The fourth-order valence-corrected chi connectivity index (χ4v) is 5.06. The van der Waals surface area contributed by atoms with Crippen molar-refractivity contribution in [3.63, 3.8) is 0 Å². The Balaban J connectivity index is 1.67. The van der Waals surface area contributed by atoms with Gasteiger partial charge in [0.1, 0.15) is 0 Å². The summed E-state index contributed by atoms with van der Waals surface area (Å²) in [6.45, 7) is 3.44. The molecule has 0 radical (unpaired) electrons. The Morgan fingerprint density at radius 2 is 1.81 bits per heavy atom. The zero-order valence-electron chi connectivity index (χ0n) is 17.8. The van der Waals surface area contributed by atoms with Gasteiger partial charge in [0, 0.05) is 18.7 Å². The topological polar surface area (TPSA) is 113 Å². The monoisotopic (exact) mass is 473 g/mol.